The minimum absolute atomic E-state index is 0.0339. The van der Waals surface area contributed by atoms with Crippen molar-refractivity contribution in [3.63, 3.8) is 0 Å². The maximum Gasteiger partial charge on any atom is 0.335 e. The number of carbonyl (C=O) groups is 1. The lowest BCUT2D eigenvalue weighted by Crippen LogP contribution is -2.00. The van der Waals surface area contributed by atoms with Crippen molar-refractivity contribution < 1.29 is 15.0 Å². The number of aliphatic hydroxyl groups excluding tert-OH is 1. The average Bonchev–Trinajstić information content (AvgIpc) is 2.61. The topological polar surface area (TPSA) is 75.3 Å². The number of carboxylic acid groups (broad SMARTS) is 1. The zero-order chi connectivity index (χ0) is 10.8. The first kappa shape index (κ1) is 9.67. The van der Waals surface area contributed by atoms with Gasteiger partial charge in [0.15, 0.2) is 0 Å². The lowest BCUT2D eigenvalue weighted by molar-refractivity contribution is 0.0697. The maximum absolute atomic E-state index is 10.7. The van der Waals surface area contributed by atoms with Gasteiger partial charge in [0.2, 0.25) is 0 Å². The SMILES string of the molecule is O=C(O)c1ccc2c(c1)ncn2CCO. The lowest BCUT2D eigenvalue weighted by Gasteiger charge is -2.00. The quantitative estimate of drug-likeness (QED) is 0.776. The maximum atomic E-state index is 10.7. The van der Waals surface area contributed by atoms with E-state index in [1.807, 2.05) is 0 Å². The number of benzene rings is 1. The first-order chi connectivity index (χ1) is 7.22. The highest BCUT2D eigenvalue weighted by atomic mass is 16.4. The summed E-state index contributed by atoms with van der Waals surface area (Å²) >= 11 is 0. The number of rotatable bonds is 3. The molecule has 0 aliphatic carbocycles. The first-order valence-corrected chi connectivity index (χ1v) is 4.51. The van der Waals surface area contributed by atoms with E-state index in [0.29, 0.717) is 12.1 Å². The van der Waals surface area contributed by atoms with E-state index >= 15 is 0 Å². The molecule has 0 unspecified atom stereocenters. The summed E-state index contributed by atoms with van der Waals surface area (Å²) in [5.74, 6) is -0.964. The summed E-state index contributed by atoms with van der Waals surface area (Å²) in [6, 6.07) is 4.74. The molecular weight excluding hydrogens is 196 g/mol. The van der Waals surface area contributed by atoms with Gasteiger partial charge in [0, 0.05) is 6.54 Å². The van der Waals surface area contributed by atoms with Crippen LogP contribution >= 0.6 is 0 Å². The van der Waals surface area contributed by atoms with Gasteiger partial charge in [-0.2, -0.15) is 0 Å². The average molecular weight is 206 g/mol. The Morgan fingerprint density at radius 1 is 1.47 bits per heavy atom. The fraction of sp³-hybridized carbons (Fsp3) is 0.200. The molecule has 1 aromatic heterocycles. The van der Waals surface area contributed by atoms with Crippen LogP contribution < -0.4 is 0 Å². The van der Waals surface area contributed by atoms with Gasteiger partial charge in [0.05, 0.1) is 29.5 Å². The molecule has 1 aromatic carbocycles. The van der Waals surface area contributed by atoms with Crippen LogP contribution in [0.15, 0.2) is 24.5 Å². The van der Waals surface area contributed by atoms with Gasteiger partial charge in [-0.3, -0.25) is 0 Å². The van der Waals surface area contributed by atoms with Crippen molar-refractivity contribution in [1.29, 1.82) is 0 Å². The van der Waals surface area contributed by atoms with Gasteiger partial charge in [0.25, 0.3) is 0 Å². The number of carboxylic acids is 1. The van der Waals surface area contributed by atoms with Crippen LogP contribution in [0.25, 0.3) is 11.0 Å². The lowest BCUT2D eigenvalue weighted by atomic mass is 10.2. The summed E-state index contributed by atoms with van der Waals surface area (Å²) in [6.07, 6.45) is 1.59. The monoisotopic (exact) mass is 206 g/mol. The van der Waals surface area contributed by atoms with Gasteiger partial charge in [-0.1, -0.05) is 0 Å². The molecule has 0 amide bonds. The largest absolute Gasteiger partial charge is 0.478 e. The van der Waals surface area contributed by atoms with Crippen molar-refractivity contribution in [2.75, 3.05) is 6.61 Å². The van der Waals surface area contributed by atoms with Gasteiger partial charge in [-0.05, 0) is 18.2 Å². The van der Waals surface area contributed by atoms with Crippen molar-refractivity contribution in [3.05, 3.63) is 30.1 Å². The smallest absolute Gasteiger partial charge is 0.335 e. The second-order valence-electron chi connectivity index (χ2n) is 3.17. The number of nitrogens with zero attached hydrogens (tertiary/aromatic N) is 2. The molecule has 2 aromatic rings. The Balaban J connectivity index is 2.51. The number of hydrogen-bond donors (Lipinski definition) is 2. The predicted molar refractivity (Wildman–Crippen MR) is 53.8 cm³/mol. The van der Waals surface area contributed by atoms with Crippen LogP contribution in [0.1, 0.15) is 10.4 Å². The Hall–Kier alpha value is -1.88. The Labute approximate surface area is 85.6 Å². The number of fused-ring (bicyclic) bond motifs is 1. The Kier molecular flexibility index (Phi) is 2.39. The Morgan fingerprint density at radius 3 is 2.93 bits per heavy atom. The molecule has 0 atom stereocenters. The van der Waals surface area contributed by atoms with E-state index in [4.69, 9.17) is 10.2 Å². The van der Waals surface area contributed by atoms with Crippen LogP contribution in [0.5, 0.6) is 0 Å². The van der Waals surface area contributed by atoms with Gasteiger partial charge in [0.1, 0.15) is 0 Å². The van der Waals surface area contributed by atoms with Gasteiger partial charge >= 0.3 is 5.97 Å². The molecule has 0 aliphatic rings. The molecule has 2 rings (SSSR count). The molecule has 5 heteroatoms. The van der Waals surface area contributed by atoms with Gasteiger partial charge < -0.3 is 14.8 Å². The van der Waals surface area contributed by atoms with E-state index in [1.54, 1.807) is 17.0 Å². The normalized spacial score (nSPS) is 10.7. The summed E-state index contributed by atoms with van der Waals surface area (Å²) in [5, 5.41) is 17.6. The third-order valence-electron chi connectivity index (χ3n) is 2.21. The molecule has 0 fully saturated rings. The van der Waals surface area contributed by atoms with Crippen LogP contribution in [0.4, 0.5) is 0 Å². The van der Waals surface area contributed by atoms with Crippen LogP contribution in [-0.4, -0.2) is 32.3 Å². The third-order valence-corrected chi connectivity index (χ3v) is 2.21. The summed E-state index contributed by atoms with van der Waals surface area (Å²) in [4.78, 5) is 14.8. The molecular formula is C10H10N2O3. The molecule has 0 aliphatic heterocycles. The number of aromatic nitrogens is 2. The summed E-state index contributed by atoms with van der Waals surface area (Å²) in [5.41, 5.74) is 1.68. The minimum atomic E-state index is -0.964. The van der Waals surface area contributed by atoms with Crippen molar-refractivity contribution in [2.24, 2.45) is 0 Å². The summed E-state index contributed by atoms with van der Waals surface area (Å²) in [7, 11) is 0. The van der Waals surface area contributed by atoms with Crippen molar-refractivity contribution in [3.8, 4) is 0 Å². The number of hydrogen-bond acceptors (Lipinski definition) is 3. The Morgan fingerprint density at radius 2 is 2.27 bits per heavy atom. The van der Waals surface area contributed by atoms with E-state index in [1.165, 1.54) is 12.1 Å². The second kappa shape index (κ2) is 3.70. The van der Waals surface area contributed by atoms with Crippen LogP contribution in [-0.2, 0) is 6.54 Å². The van der Waals surface area contributed by atoms with Crippen LogP contribution in [0, 0.1) is 0 Å². The molecule has 0 saturated heterocycles. The third kappa shape index (κ3) is 1.69. The first-order valence-electron chi connectivity index (χ1n) is 4.51. The van der Waals surface area contributed by atoms with E-state index in [2.05, 4.69) is 4.98 Å². The molecule has 5 nitrogen and oxygen atoms in total. The predicted octanol–water partition coefficient (Wildman–Crippen LogP) is 0.727. The Bertz CT molecular complexity index is 504. The summed E-state index contributed by atoms with van der Waals surface area (Å²) in [6.45, 7) is 0.495. The highest BCUT2D eigenvalue weighted by Crippen LogP contribution is 2.14. The van der Waals surface area contributed by atoms with Crippen molar-refractivity contribution >= 4 is 17.0 Å². The van der Waals surface area contributed by atoms with Gasteiger partial charge in [-0.15, -0.1) is 0 Å². The van der Waals surface area contributed by atoms with Gasteiger partial charge in [-0.25, -0.2) is 9.78 Å². The molecule has 0 bridgehead atoms. The van der Waals surface area contributed by atoms with Crippen molar-refractivity contribution in [2.45, 2.75) is 6.54 Å². The summed E-state index contributed by atoms with van der Waals surface area (Å²) < 4.78 is 1.78. The molecule has 1 heterocycles. The zero-order valence-electron chi connectivity index (χ0n) is 7.92. The van der Waals surface area contributed by atoms with E-state index < -0.39 is 5.97 Å². The molecule has 78 valence electrons. The molecule has 0 radical (unpaired) electrons. The number of aliphatic hydroxyl groups is 1. The number of aromatic carboxylic acids is 1. The van der Waals surface area contributed by atoms with E-state index in [9.17, 15) is 4.79 Å². The standard InChI is InChI=1S/C10H10N2O3/c13-4-3-12-6-11-8-5-7(10(14)15)1-2-9(8)12/h1-2,5-6,13H,3-4H2,(H,14,15). The van der Waals surface area contributed by atoms with Crippen molar-refractivity contribution in [1.82, 2.24) is 9.55 Å². The second-order valence-corrected chi connectivity index (χ2v) is 3.17. The molecule has 0 spiro atoms. The van der Waals surface area contributed by atoms with E-state index in [-0.39, 0.29) is 12.2 Å². The fourth-order valence-corrected chi connectivity index (χ4v) is 1.48. The fourth-order valence-electron chi connectivity index (χ4n) is 1.48. The zero-order valence-corrected chi connectivity index (χ0v) is 7.92. The van der Waals surface area contributed by atoms with E-state index in [0.717, 1.165) is 5.52 Å². The van der Waals surface area contributed by atoms with Crippen LogP contribution in [0.2, 0.25) is 0 Å². The molecule has 2 N–H and O–H groups in total. The molecule has 15 heavy (non-hydrogen) atoms. The number of imidazole rings is 1. The highest BCUT2D eigenvalue weighted by molar-refractivity contribution is 5.92. The highest BCUT2D eigenvalue weighted by Gasteiger charge is 2.06. The minimum Gasteiger partial charge on any atom is -0.478 e. The van der Waals surface area contributed by atoms with Crippen LogP contribution in [0.3, 0.4) is 0 Å². The molecule has 0 saturated carbocycles.